The molecule has 0 aliphatic carbocycles. The standard InChI is InChI=1S/C32H34ClN5O6S/c1-43-28-12-10-26(33)30(31(28)44-2)21-6-4-7-25(19-21)36-32(40)22-9-11-27(23(18-22)20-34)37-29(39)8-5-15-35-24-13-16-38(17-14-24)45(3,41)42/h4-12,18-19,24,35H,13-17H2,1-3H3,(H,36,40)(H,37,39)/b8-5+. The van der Waals surface area contributed by atoms with E-state index in [0.29, 0.717) is 65.8 Å². The topological polar surface area (TPSA) is 150 Å². The van der Waals surface area contributed by atoms with Crippen LogP contribution in [0.15, 0.2) is 66.7 Å². The molecule has 1 aliphatic heterocycles. The Hall–Kier alpha value is -4.41. The fourth-order valence-electron chi connectivity index (χ4n) is 4.98. The van der Waals surface area contributed by atoms with Gasteiger partial charge in [-0.25, -0.2) is 12.7 Å². The van der Waals surface area contributed by atoms with E-state index in [9.17, 15) is 23.3 Å². The van der Waals surface area contributed by atoms with E-state index in [1.165, 1.54) is 49.1 Å². The summed E-state index contributed by atoms with van der Waals surface area (Å²) in [7, 11) is -0.124. The van der Waals surface area contributed by atoms with Crippen molar-refractivity contribution in [1.29, 1.82) is 5.26 Å². The third-order valence-electron chi connectivity index (χ3n) is 7.28. The lowest BCUT2D eigenvalue weighted by molar-refractivity contribution is -0.111. The average Bonchev–Trinajstić information content (AvgIpc) is 3.03. The first-order chi connectivity index (χ1) is 21.5. The smallest absolute Gasteiger partial charge is 0.255 e. The van der Waals surface area contributed by atoms with E-state index in [-0.39, 0.29) is 22.9 Å². The predicted octanol–water partition coefficient (Wildman–Crippen LogP) is 4.66. The fourth-order valence-corrected chi connectivity index (χ4v) is 6.11. The third-order valence-corrected chi connectivity index (χ3v) is 8.90. The molecule has 0 aromatic heterocycles. The highest BCUT2D eigenvalue weighted by Gasteiger charge is 2.24. The minimum absolute atomic E-state index is 0.127. The molecule has 1 fully saturated rings. The molecular weight excluding hydrogens is 618 g/mol. The first-order valence-electron chi connectivity index (χ1n) is 14.1. The van der Waals surface area contributed by atoms with Crippen molar-refractivity contribution in [1.82, 2.24) is 9.62 Å². The van der Waals surface area contributed by atoms with Crippen molar-refractivity contribution in [2.24, 2.45) is 0 Å². The Morgan fingerprint density at radius 3 is 2.49 bits per heavy atom. The second kappa shape index (κ2) is 15.0. The number of halogens is 1. The van der Waals surface area contributed by atoms with Crippen molar-refractivity contribution in [2.75, 3.05) is 50.7 Å². The second-order valence-corrected chi connectivity index (χ2v) is 12.7. The quantitative estimate of drug-likeness (QED) is 0.254. The first kappa shape index (κ1) is 33.5. The molecule has 0 radical (unpaired) electrons. The van der Waals surface area contributed by atoms with Crippen LogP contribution < -0.4 is 25.4 Å². The van der Waals surface area contributed by atoms with Crippen molar-refractivity contribution < 1.29 is 27.5 Å². The van der Waals surface area contributed by atoms with E-state index in [1.807, 2.05) is 12.1 Å². The molecule has 0 bridgehead atoms. The van der Waals surface area contributed by atoms with Gasteiger partial charge in [-0.3, -0.25) is 9.59 Å². The van der Waals surface area contributed by atoms with E-state index >= 15 is 0 Å². The minimum Gasteiger partial charge on any atom is -0.493 e. The number of hydrogen-bond donors (Lipinski definition) is 3. The number of amides is 2. The van der Waals surface area contributed by atoms with E-state index in [4.69, 9.17) is 21.1 Å². The number of sulfonamides is 1. The van der Waals surface area contributed by atoms with Crippen LogP contribution in [0.2, 0.25) is 5.02 Å². The predicted molar refractivity (Wildman–Crippen MR) is 174 cm³/mol. The van der Waals surface area contributed by atoms with Gasteiger partial charge in [0, 0.05) is 48.6 Å². The molecule has 3 aromatic rings. The Balaban J connectivity index is 1.36. The molecule has 45 heavy (non-hydrogen) atoms. The maximum absolute atomic E-state index is 13.1. The molecule has 4 rings (SSSR count). The number of carbonyl (C=O) groups is 2. The van der Waals surface area contributed by atoms with E-state index in [1.54, 1.807) is 36.4 Å². The molecule has 3 aromatic carbocycles. The summed E-state index contributed by atoms with van der Waals surface area (Å²) in [6.45, 7) is 1.36. The third kappa shape index (κ3) is 8.61. The Kier molecular flexibility index (Phi) is 11.2. The van der Waals surface area contributed by atoms with Gasteiger partial charge in [0.1, 0.15) is 6.07 Å². The Morgan fingerprint density at radius 2 is 1.82 bits per heavy atom. The molecule has 1 saturated heterocycles. The number of piperidine rings is 1. The van der Waals surface area contributed by atoms with Gasteiger partial charge < -0.3 is 25.4 Å². The summed E-state index contributed by atoms with van der Waals surface area (Å²) in [5.41, 5.74) is 2.43. The number of methoxy groups -OCH3 is 2. The highest BCUT2D eigenvalue weighted by atomic mass is 35.5. The molecule has 2 amide bonds. The average molecular weight is 652 g/mol. The maximum Gasteiger partial charge on any atom is 0.255 e. The molecule has 1 aliphatic rings. The Morgan fingerprint density at radius 1 is 1.07 bits per heavy atom. The lowest BCUT2D eigenvalue weighted by Crippen LogP contribution is -2.44. The van der Waals surface area contributed by atoms with Crippen LogP contribution >= 0.6 is 11.6 Å². The Bertz CT molecular complexity index is 1750. The highest BCUT2D eigenvalue weighted by molar-refractivity contribution is 7.88. The zero-order valence-electron chi connectivity index (χ0n) is 25.1. The molecule has 0 saturated carbocycles. The summed E-state index contributed by atoms with van der Waals surface area (Å²) in [4.78, 5) is 25.6. The lowest BCUT2D eigenvalue weighted by Gasteiger charge is -2.30. The van der Waals surface area contributed by atoms with Crippen LogP contribution in [0.4, 0.5) is 11.4 Å². The van der Waals surface area contributed by atoms with Gasteiger partial charge in [0.15, 0.2) is 11.5 Å². The van der Waals surface area contributed by atoms with Gasteiger partial charge in [-0.1, -0.05) is 29.8 Å². The zero-order chi connectivity index (χ0) is 32.6. The van der Waals surface area contributed by atoms with Crippen LogP contribution in [0.5, 0.6) is 11.5 Å². The zero-order valence-corrected chi connectivity index (χ0v) is 26.7. The summed E-state index contributed by atoms with van der Waals surface area (Å²) < 4.78 is 35.7. The number of hydrogen-bond acceptors (Lipinski definition) is 8. The molecule has 0 unspecified atom stereocenters. The van der Waals surface area contributed by atoms with Crippen LogP contribution in [0.3, 0.4) is 0 Å². The van der Waals surface area contributed by atoms with Crippen molar-refractivity contribution in [3.63, 3.8) is 0 Å². The fraction of sp³-hybridized carbons (Fsp3) is 0.281. The molecule has 3 N–H and O–H groups in total. The minimum atomic E-state index is -3.18. The van der Waals surface area contributed by atoms with Gasteiger partial charge >= 0.3 is 0 Å². The SMILES string of the molecule is COc1ccc(Cl)c(-c2cccc(NC(=O)c3ccc(NC(=O)/C=C/CNC4CCN(S(C)(=O)=O)CC4)c(C#N)c3)c2)c1OC. The summed E-state index contributed by atoms with van der Waals surface area (Å²) in [6.07, 6.45) is 5.61. The number of ether oxygens (including phenoxy) is 2. The van der Waals surface area contributed by atoms with E-state index in [2.05, 4.69) is 16.0 Å². The summed E-state index contributed by atoms with van der Waals surface area (Å²) in [5, 5.41) is 19.0. The normalized spacial score (nSPS) is 14.1. The number of benzene rings is 3. The second-order valence-electron chi connectivity index (χ2n) is 10.3. The summed E-state index contributed by atoms with van der Waals surface area (Å²) in [6, 6.07) is 17.1. The molecule has 0 spiro atoms. The monoisotopic (exact) mass is 651 g/mol. The number of rotatable bonds is 11. The molecule has 1 heterocycles. The van der Waals surface area contributed by atoms with Gasteiger partial charge in [-0.2, -0.15) is 5.26 Å². The van der Waals surface area contributed by atoms with E-state index < -0.39 is 21.8 Å². The number of anilines is 2. The molecule has 236 valence electrons. The van der Waals surface area contributed by atoms with E-state index in [0.717, 1.165) is 0 Å². The van der Waals surface area contributed by atoms with Crippen LogP contribution in [-0.4, -0.2) is 70.7 Å². The van der Waals surface area contributed by atoms with Crippen molar-refractivity contribution in [2.45, 2.75) is 18.9 Å². The molecule has 11 nitrogen and oxygen atoms in total. The number of nitrogens with zero attached hydrogens (tertiary/aromatic N) is 2. The largest absolute Gasteiger partial charge is 0.493 e. The highest BCUT2D eigenvalue weighted by Crippen LogP contribution is 2.43. The van der Waals surface area contributed by atoms with Gasteiger partial charge in [-0.15, -0.1) is 0 Å². The summed E-state index contributed by atoms with van der Waals surface area (Å²) >= 11 is 6.49. The number of carbonyl (C=O) groups excluding carboxylic acids is 2. The van der Waals surface area contributed by atoms with Gasteiger partial charge in [0.05, 0.1) is 36.7 Å². The molecular formula is C32H34ClN5O6S. The first-order valence-corrected chi connectivity index (χ1v) is 16.3. The van der Waals surface area contributed by atoms with Crippen LogP contribution in [0.25, 0.3) is 11.1 Å². The van der Waals surface area contributed by atoms with Crippen molar-refractivity contribution in [3.05, 3.63) is 82.9 Å². The van der Waals surface area contributed by atoms with Gasteiger partial charge in [0.25, 0.3) is 5.91 Å². The van der Waals surface area contributed by atoms with Crippen LogP contribution in [0, 0.1) is 11.3 Å². The van der Waals surface area contributed by atoms with Crippen molar-refractivity contribution >= 4 is 44.8 Å². The summed E-state index contributed by atoms with van der Waals surface area (Å²) in [5.74, 6) is 0.0986. The Labute approximate surface area is 267 Å². The number of nitrogens with one attached hydrogen (secondary N) is 3. The number of nitriles is 1. The van der Waals surface area contributed by atoms with Gasteiger partial charge in [-0.05, 0) is 60.9 Å². The molecule has 0 atom stereocenters. The van der Waals surface area contributed by atoms with Crippen LogP contribution in [-0.2, 0) is 14.8 Å². The maximum atomic E-state index is 13.1. The molecule has 13 heteroatoms. The van der Waals surface area contributed by atoms with Gasteiger partial charge in [0.2, 0.25) is 15.9 Å². The van der Waals surface area contributed by atoms with Crippen LogP contribution in [0.1, 0.15) is 28.8 Å². The van der Waals surface area contributed by atoms with Crippen molar-refractivity contribution in [3.8, 4) is 28.7 Å². The lowest BCUT2D eigenvalue weighted by atomic mass is 10.0.